The predicted octanol–water partition coefficient (Wildman–Crippen LogP) is 0.988. The van der Waals surface area contributed by atoms with Crippen molar-refractivity contribution in [1.82, 2.24) is 4.31 Å². The van der Waals surface area contributed by atoms with Crippen molar-refractivity contribution in [1.29, 1.82) is 0 Å². The molecule has 12 heavy (non-hydrogen) atoms. The van der Waals surface area contributed by atoms with Gasteiger partial charge in [0.2, 0.25) is 10.0 Å². The highest BCUT2D eigenvalue weighted by Crippen LogP contribution is 2.14. The first-order valence-corrected chi connectivity index (χ1v) is 6.02. The van der Waals surface area contributed by atoms with Crippen LogP contribution in [0.2, 0.25) is 0 Å². The van der Waals surface area contributed by atoms with Crippen LogP contribution in [-0.4, -0.2) is 32.1 Å². The fraction of sp³-hybridized carbons (Fsp3) is 0.750. The Morgan fingerprint density at radius 3 is 2.75 bits per heavy atom. The zero-order valence-corrected chi connectivity index (χ0v) is 8.39. The van der Waals surface area contributed by atoms with E-state index in [1.54, 1.807) is 0 Å². The quantitative estimate of drug-likeness (QED) is 0.607. The highest BCUT2D eigenvalue weighted by molar-refractivity contribution is 7.88. The van der Waals surface area contributed by atoms with Crippen molar-refractivity contribution in [3.63, 3.8) is 0 Å². The third kappa shape index (κ3) is 2.32. The van der Waals surface area contributed by atoms with Crippen molar-refractivity contribution in [3.8, 4) is 0 Å². The molecule has 0 saturated carbocycles. The van der Waals surface area contributed by atoms with Crippen LogP contribution in [0.4, 0.5) is 0 Å². The van der Waals surface area contributed by atoms with Crippen LogP contribution >= 0.6 is 0 Å². The maximum atomic E-state index is 11.1. The van der Waals surface area contributed by atoms with E-state index in [4.69, 9.17) is 0 Å². The predicted molar refractivity (Wildman–Crippen MR) is 49.4 cm³/mol. The Morgan fingerprint density at radius 1 is 1.58 bits per heavy atom. The van der Waals surface area contributed by atoms with Gasteiger partial charge in [-0.1, -0.05) is 18.6 Å². The molecule has 0 fully saturated rings. The molecule has 0 aromatic rings. The Labute approximate surface area is 74.1 Å². The second kappa shape index (κ2) is 3.58. The number of rotatable bonds is 2. The third-order valence-electron chi connectivity index (χ3n) is 2.11. The highest BCUT2D eigenvalue weighted by atomic mass is 32.2. The van der Waals surface area contributed by atoms with Crippen LogP contribution in [0.25, 0.3) is 0 Å². The van der Waals surface area contributed by atoms with Gasteiger partial charge in [0.15, 0.2) is 0 Å². The molecule has 1 rings (SSSR count). The Bertz CT molecular complexity index is 279. The van der Waals surface area contributed by atoms with E-state index in [9.17, 15) is 8.42 Å². The van der Waals surface area contributed by atoms with E-state index < -0.39 is 10.0 Å². The average Bonchev–Trinajstić information content (AvgIpc) is 2.03. The first-order chi connectivity index (χ1) is 5.54. The van der Waals surface area contributed by atoms with Gasteiger partial charge in [0.05, 0.1) is 6.26 Å². The Kier molecular flexibility index (Phi) is 2.90. The molecule has 0 saturated heterocycles. The summed E-state index contributed by atoms with van der Waals surface area (Å²) < 4.78 is 23.8. The second-order valence-electron chi connectivity index (χ2n) is 3.10. The Balaban J connectivity index is 2.70. The van der Waals surface area contributed by atoms with E-state index in [0.29, 0.717) is 13.1 Å². The molecule has 0 atom stereocenters. The minimum Gasteiger partial charge on any atom is -0.212 e. The van der Waals surface area contributed by atoms with Crippen molar-refractivity contribution in [2.24, 2.45) is 0 Å². The largest absolute Gasteiger partial charge is 0.212 e. The molecular formula is C8H15NO2S. The van der Waals surface area contributed by atoms with Gasteiger partial charge >= 0.3 is 0 Å². The summed E-state index contributed by atoms with van der Waals surface area (Å²) in [5, 5.41) is 0. The number of hydrogen-bond donors (Lipinski definition) is 0. The van der Waals surface area contributed by atoms with Crippen LogP contribution < -0.4 is 0 Å². The summed E-state index contributed by atoms with van der Waals surface area (Å²) in [4.78, 5) is 0. The van der Waals surface area contributed by atoms with Gasteiger partial charge in [0, 0.05) is 13.1 Å². The van der Waals surface area contributed by atoms with Crippen LogP contribution in [0.1, 0.15) is 19.8 Å². The molecule has 0 aromatic heterocycles. The minimum absolute atomic E-state index is 0.593. The van der Waals surface area contributed by atoms with Gasteiger partial charge in [-0.25, -0.2) is 8.42 Å². The van der Waals surface area contributed by atoms with Crippen molar-refractivity contribution in [2.45, 2.75) is 19.8 Å². The van der Waals surface area contributed by atoms with Gasteiger partial charge in [-0.2, -0.15) is 4.31 Å². The van der Waals surface area contributed by atoms with Gasteiger partial charge in [0.25, 0.3) is 0 Å². The molecule has 0 N–H and O–H groups in total. The molecule has 3 nitrogen and oxygen atoms in total. The third-order valence-corrected chi connectivity index (χ3v) is 3.36. The maximum Gasteiger partial charge on any atom is 0.211 e. The second-order valence-corrected chi connectivity index (χ2v) is 5.08. The molecule has 0 unspecified atom stereocenters. The molecule has 1 aliphatic heterocycles. The zero-order valence-electron chi connectivity index (χ0n) is 7.58. The molecule has 0 spiro atoms. The SMILES string of the molecule is CCC1=CCCN(S(C)(=O)=O)C1. The van der Waals surface area contributed by atoms with Crippen LogP contribution in [0, 0.1) is 0 Å². The molecular weight excluding hydrogens is 174 g/mol. The molecule has 0 radical (unpaired) electrons. The summed E-state index contributed by atoms with van der Waals surface area (Å²) in [7, 11) is -2.98. The van der Waals surface area contributed by atoms with E-state index in [-0.39, 0.29) is 0 Å². The first kappa shape index (κ1) is 9.74. The van der Waals surface area contributed by atoms with Crippen LogP contribution in [0.15, 0.2) is 11.6 Å². The Hall–Kier alpha value is -0.350. The van der Waals surface area contributed by atoms with E-state index in [2.05, 4.69) is 13.0 Å². The highest BCUT2D eigenvalue weighted by Gasteiger charge is 2.19. The van der Waals surface area contributed by atoms with Gasteiger partial charge in [-0.15, -0.1) is 0 Å². The summed E-state index contributed by atoms with van der Waals surface area (Å²) in [5.74, 6) is 0. The molecule has 0 bridgehead atoms. The molecule has 70 valence electrons. The smallest absolute Gasteiger partial charge is 0.211 e. The lowest BCUT2D eigenvalue weighted by molar-refractivity contribution is 0.428. The standard InChI is InChI=1S/C8H15NO2S/c1-3-8-5-4-6-9(7-8)12(2,10)11/h5H,3-4,6-7H2,1-2H3. The summed E-state index contributed by atoms with van der Waals surface area (Å²) in [5.41, 5.74) is 1.23. The fourth-order valence-electron chi connectivity index (χ4n) is 1.32. The van der Waals surface area contributed by atoms with Gasteiger partial charge in [-0.05, 0) is 12.8 Å². The van der Waals surface area contributed by atoms with Crippen LogP contribution in [0.5, 0.6) is 0 Å². The normalized spacial score (nSPS) is 20.7. The van der Waals surface area contributed by atoms with Crippen molar-refractivity contribution in [3.05, 3.63) is 11.6 Å². The summed E-state index contributed by atoms with van der Waals surface area (Å²) >= 11 is 0. The van der Waals surface area contributed by atoms with Crippen molar-refractivity contribution in [2.75, 3.05) is 19.3 Å². The lowest BCUT2D eigenvalue weighted by atomic mass is 10.1. The number of sulfonamides is 1. The topological polar surface area (TPSA) is 37.4 Å². The minimum atomic E-state index is -2.98. The molecule has 0 amide bonds. The van der Waals surface area contributed by atoms with E-state index in [1.165, 1.54) is 16.1 Å². The summed E-state index contributed by atoms with van der Waals surface area (Å²) in [6.45, 7) is 3.29. The van der Waals surface area contributed by atoms with Crippen LogP contribution in [-0.2, 0) is 10.0 Å². The lowest BCUT2D eigenvalue weighted by Crippen LogP contribution is -2.34. The van der Waals surface area contributed by atoms with Gasteiger partial charge in [0.1, 0.15) is 0 Å². The van der Waals surface area contributed by atoms with Crippen LogP contribution in [0.3, 0.4) is 0 Å². The van der Waals surface area contributed by atoms with E-state index in [0.717, 1.165) is 12.8 Å². The number of hydrogen-bond acceptors (Lipinski definition) is 2. The van der Waals surface area contributed by atoms with Gasteiger partial charge in [-0.3, -0.25) is 0 Å². The molecule has 4 heteroatoms. The van der Waals surface area contributed by atoms with E-state index >= 15 is 0 Å². The molecule has 1 aliphatic rings. The van der Waals surface area contributed by atoms with Gasteiger partial charge < -0.3 is 0 Å². The Morgan fingerprint density at radius 2 is 2.25 bits per heavy atom. The van der Waals surface area contributed by atoms with Crippen molar-refractivity contribution < 1.29 is 8.42 Å². The summed E-state index contributed by atoms with van der Waals surface area (Å²) in [6.07, 6.45) is 5.22. The summed E-state index contributed by atoms with van der Waals surface area (Å²) in [6, 6.07) is 0. The number of nitrogens with zero attached hydrogens (tertiary/aromatic N) is 1. The fourth-order valence-corrected chi connectivity index (χ4v) is 2.16. The van der Waals surface area contributed by atoms with E-state index in [1.807, 2.05) is 0 Å². The monoisotopic (exact) mass is 189 g/mol. The first-order valence-electron chi connectivity index (χ1n) is 4.17. The molecule has 0 aliphatic carbocycles. The molecule has 1 heterocycles. The zero-order chi connectivity index (χ0) is 9.19. The average molecular weight is 189 g/mol. The molecule has 0 aromatic carbocycles. The lowest BCUT2D eigenvalue weighted by Gasteiger charge is -2.24. The maximum absolute atomic E-state index is 11.1. The van der Waals surface area contributed by atoms with Crippen molar-refractivity contribution >= 4 is 10.0 Å².